The van der Waals surface area contributed by atoms with Gasteiger partial charge in [-0.05, 0) is 12.0 Å². The molecule has 0 aliphatic rings. The molecule has 0 saturated heterocycles. The normalized spacial score (nSPS) is 11.4. The molecule has 0 saturated carbocycles. The van der Waals surface area contributed by atoms with E-state index in [0.717, 1.165) is 0 Å². The first-order chi connectivity index (χ1) is 5.13. The highest BCUT2D eigenvalue weighted by Crippen LogP contribution is 2.06. The van der Waals surface area contributed by atoms with Crippen molar-refractivity contribution in [2.24, 2.45) is 4.99 Å². The van der Waals surface area contributed by atoms with Crippen molar-refractivity contribution in [1.29, 1.82) is 0 Å². The van der Waals surface area contributed by atoms with Crippen LogP contribution in [-0.4, -0.2) is 18.1 Å². The molecular weight excluding hydrogens is 146 g/mol. The van der Waals surface area contributed by atoms with Crippen LogP contribution in [0.5, 0.6) is 0 Å². The van der Waals surface area contributed by atoms with Crippen molar-refractivity contribution in [1.82, 2.24) is 0 Å². The van der Waals surface area contributed by atoms with Crippen molar-refractivity contribution in [3.8, 4) is 0 Å². The zero-order valence-electron chi connectivity index (χ0n) is 6.16. The first kappa shape index (κ1) is 9.59. The summed E-state index contributed by atoms with van der Waals surface area (Å²) in [6.45, 7) is 4.90. The lowest BCUT2D eigenvalue weighted by Gasteiger charge is -2.11. The number of isocyanates is 1. The minimum atomic E-state index is -1.38. The van der Waals surface area contributed by atoms with Gasteiger partial charge in [0.05, 0.1) is 12.0 Å². The zero-order valence-corrected chi connectivity index (χ0v) is 6.16. The standard InChI is InChI=1S/C7H9NO3/c1-3-6(8-4-9)5(2)7(10)11/h6H,2-3H2,1H3,(H,10,11)/p-1. The van der Waals surface area contributed by atoms with Crippen molar-refractivity contribution >= 4 is 12.0 Å². The van der Waals surface area contributed by atoms with Crippen molar-refractivity contribution in [2.45, 2.75) is 19.4 Å². The number of rotatable bonds is 4. The molecule has 0 bridgehead atoms. The molecule has 0 aliphatic heterocycles. The molecular formula is C7H8NO3-. The Morgan fingerprint density at radius 1 is 1.82 bits per heavy atom. The molecule has 0 aromatic heterocycles. The Bertz CT molecular complexity index is 216. The Hall–Kier alpha value is -1.41. The number of nitrogens with zero attached hydrogens (tertiary/aromatic N) is 1. The molecule has 0 aliphatic carbocycles. The van der Waals surface area contributed by atoms with Crippen LogP contribution < -0.4 is 5.11 Å². The van der Waals surface area contributed by atoms with Crippen LogP contribution in [0.1, 0.15) is 13.3 Å². The van der Waals surface area contributed by atoms with Gasteiger partial charge in [0.2, 0.25) is 6.08 Å². The maximum absolute atomic E-state index is 10.2. The van der Waals surface area contributed by atoms with Gasteiger partial charge in [0.1, 0.15) is 0 Å². The van der Waals surface area contributed by atoms with Crippen LogP contribution in [0.3, 0.4) is 0 Å². The predicted molar refractivity (Wildman–Crippen MR) is 36.3 cm³/mol. The predicted octanol–water partition coefficient (Wildman–Crippen LogP) is -0.593. The number of aliphatic carboxylic acids is 1. The van der Waals surface area contributed by atoms with Crippen LogP contribution in [0.2, 0.25) is 0 Å². The summed E-state index contributed by atoms with van der Waals surface area (Å²) in [5.41, 5.74) is -0.184. The Morgan fingerprint density at radius 3 is 2.64 bits per heavy atom. The highest BCUT2D eigenvalue weighted by Gasteiger charge is 2.08. The lowest BCUT2D eigenvalue weighted by molar-refractivity contribution is -0.299. The van der Waals surface area contributed by atoms with Crippen LogP contribution >= 0.6 is 0 Å². The van der Waals surface area contributed by atoms with Crippen molar-refractivity contribution in [2.75, 3.05) is 0 Å². The number of hydrogen-bond donors (Lipinski definition) is 0. The number of carbonyl (C=O) groups excluding carboxylic acids is 2. The molecule has 0 spiro atoms. The summed E-state index contributed by atoms with van der Waals surface area (Å²) < 4.78 is 0. The fourth-order valence-corrected chi connectivity index (χ4v) is 0.615. The minimum absolute atomic E-state index is 0.184. The third-order valence-electron chi connectivity index (χ3n) is 1.26. The van der Waals surface area contributed by atoms with Gasteiger partial charge in [-0.25, -0.2) is 4.79 Å². The summed E-state index contributed by atoms with van der Waals surface area (Å²) in [6.07, 6.45) is 1.68. The first-order valence-electron chi connectivity index (χ1n) is 3.10. The summed E-state index contributed by atoms with van der Waals surface area (Å²) in [7, 11) is 0. The summed E-state index contributed by atoms with van der Waals surface area (Å²) in [6, 6.07) is -0.697. The molecule has 0 N–H and O–H groups in total. The number of carbonyl (C=O) groups is 1. The van der Waals surface area contributed by atoms with Crippen molar-refractivity contribution in [3.05, 3.63) is 12.2 Å². The number of aliphatic imine (C=N–C) groups is 1. The van der Waals surface area contributed by atoms with Gasteiger partial charge in [-0.1, -0.05) is 13.5 Å². The van der Waals surface area contributed by atoms with E-state index in [4.69, 9.17) is 0 Å². The molecule has 0 rings (SSSR count). The van der Waals surface area contributed by atoms with E-state index in [2.05, 4.69) is 11.6 Å². The Labute approximate surface area is 64.3 Å². The van der Waals surface area contributed by atoms with Crippen LogP contribution in [0, 0.1) is 0 Å². The largest absolute Gasteiger partial charge is 0.545 e. The maximum atomic E-state index is 10.2. The topological polar surface area (TPSA) is 69.6 Å². The van der Waals surface area contributed by atoms with Crippen LogP contribution in [0.25, 0.3) is 0 Å². The quantitative estimate of drug-likeness (QED) is 0.308. The Kier molecular flexibility index (Phi) is 3.85. The molecule has 4 heteroatoms. The SMILES string of the molecule is C=C(C(=O)[O-])C(CC)N=C=O. The molecule has 11 heavy (non-hydrogen) atoms. The van der Waals surface area contributed by atoms with Crippen LogP contribution in [-0.2, 0) is 9.59 Å². The zero-order chi connectivity index (χ0) is 8.85. The molecule has 0 amide bonds. The van der Waals surface area contributed by atoms with Crippen LogP contribution in [0.4, 0.5) is 0 Å². The lowest BCUT2D eigenvalue weighted by atomic mass is 10.1. The first-order valence-corrected chi connectivity index (χ1v) is 3.10. The fourth-order valence-electron chi connectivity index (χ4n) is 0.615. The molecule has 1 unspecified atom stereocenters. The van der Waals surface area contributed by atoms with Gasteiger partial charge >= 0.3 is 0 Å². The Balaban J connectivity index is 4.38. The maximum Gasteiger partial charge on any atom is 0.235 e. The average molecular weight is 154 g/mol. The van der Waals surface area contributed by atoms with Crippen LogP contribution in [0.15, 0.2) is 17.1 Å². The van der Waals surface area contributed by atoms with Gasteiger partial charge in [0.15, 0.2) is 0 Å². The van der Waals surface area contributed by atoms with Gasteiger partial charge in [-0.3, -0.25) is 0 Å². The van der Waals surface area contributed by atoms with E-state index in [-0.39, 0.29) is 5.57 Å². The van der Waals surface area contributed by atoms with Gasteiger partial charge < -0.3 is 9.90 Å². The minimum Gasteiger partial charge on any atom is -0.545 e. The number of carboxylic acid groups (broad SMARTS) is 1. The summed E-state index contributed by atoms with van der Waals surface area (Å²) in [5.74, 6) is -1.38. The van der Waals surface area contributed by atoms with Crippen molar-refractivity contribution < 1.29 is 14.7 Å². The van der Waals surface area contributed by atoms with Gasteiger partial charge in [-0.15, -0.1) is 0 Å². The molecule has 60 valence electrons. The third kappa shape index (κ3) is 2.78. The average Bonchev–Trinajstić information content (AvgIpc) is 1.98. The van der Waals surface area contributed by atoms with E-state index in [1.165, 1.54) is 6.08 Å². The lowest BCUT2D eigenvalue weighted by Crippen LogP contribution is -2.29. The second-order valence-electron chi connectivity index (χ2n) is 1.96. The summed E-state index contributed by atoms with van der Waals surface area (Å²) >= 11 is 0. The molecule has 0 heterocycles. The van der Waals surface area contributed by atoms with E-state index in [9.17, 15) is 14.7 Å². The summed E-state index contributed by atoms with van der Waals surface area (Å²) in [5, 5.41) is 10.2. The molecule has 1 atom stereocenters. The van der Waals surface area contributed by atoms with E-state index in [1.54, 1.807) is 6.92 Å². The van der Waals surface area contributed by atoms with Crippen molar-refractivity contribution in [3.63, 3.8) is 0 Å². The molecule has 0 radical (unpaired) electrons. The number of hydrogen-bond acceptors (Lipinski definition) is 4. The monoisotopic (exact) mass is 154 g/mol. The van der Waals surface area contributed by atoms with E-state index >= 15 is 0 Å². The molecule has 0 aromatic rings. The molecule has 4 nitrogen and oxygen atoms in total. The highest BCUT2D eigenvalue weighted by atomic mass is 16.4. The second-order valence-corrected chi connectivity index (χ2v) is 1.96. The van der Waals surface area contributed by atoms with Gasteiger partial charge in [0.25, 0.3) is 0 Å². The van der Waals surface area contributed by atoms with E-state index in [1.807, 2.05) is 0 Å². The van der Waals surface area contributed by atoms with E-state index < -0.39 is 12.0 Å². The summed E-state index contributed by atoms with van der Waals surface area (Å²) in [4.78, 5) is 23.2. The molecule has 0 aromatic carbocycles. The van der Waals surface area contributed by atoms with Gasteiger partial charge in [-0.2, -0.15) is 4.99 Å². The highest BCUT2D eigenvalue weighted by molar-refractivity contribution is 5.85. The fraction of sp³-hybridized carbons (Fsp3) is 0.429. The second kappa shape index (κ2) is 4.41. The molecule has 0 fully saturated rings. The smallest absolute Gasteiger partial charge is 0.235 e. The Morgan fingerprint density at radius 2 is 2.36 bits per heavy atom. The van der Waals surface area contributed by atoms with E-state index in [0.29, 0.717) is 6.42 Å². The van der Waals surface area contributed by atoms with Gasteiger partial charge in [0, 0.05) is 0 Å². The number of carboxylic acids is 1. The third-order valence-corrected chi connectivity index (χ3v) is 1.26.